The Morgan fingerprint density at radius 3 is 1.51 bits per heavy atom. The molecular formula is C58H36O. The van der Waals surface area contributed by atoms with E-state index in [0.29, 0.717) is 0 Å². The fourth-order valence-electron chi connectivity index (χ4n) is 9.43. The van der Waals surface area contributed by atoms with E-state index >= 15 is 0 Å². The number of fused-ring (bicyclic) bond motifs is 7. The van der Waals surface area contributed by atoms with Crippen LogP contribution in [0.4, 0.5) is 0 Å². The highest BCUT2D eigenvalue weighted by molar-refractivity contribution is 6.23. The van der Waals surface area contributed by atoms with Crippen LogP contribution in [0, 0.1) is 0 Å². The Bertz CT molecular complexity index is 3530. The van der Waals surface area contributed by atoms with Crippen molar-refractivity contribution in [2.75, 3.05) is 0 Å². The third kappa shape index (κ3) is 5.47. The van der Waals surface area contributed by atoms with Crippen molar-refractivity contribution in [3.05, 3.63) is 218 Å². The van der Waals surface area contributed by atoms with Gasteiger partial charge in [-0.2, -0.15) is 0 Å². The summed E-state index contributed by atoms with van der Waals surface area (Å²) in [6.45, 7) is 0. The van der Waals surface area contributed by atoms with Crippen LogP contribution in [0.25, 0.3) is 121 Å². The largest absolute Gasteiger partial charge is 0.455 e. The van der Waals surface area contributed by atoms with Crippen LogP contribution in [-0.4, -0.2) is 0 Å². The number of hydrogen-bond donors (Lipinski definition) is 0. The fraction of sp³-hybridized carbons (Fsp3) is 0. The first-order chi connectivity index (χ1) is 29.2. The summed E-state index contributed by atoms with van der Waals surface area (Å²) < 4.78 is 6.66. The minimum atomic E-state index is 0.893. The molecule has 1 heterocycles. The van der Waals surface area contributed by atoms with Gasteiger partial charge < -0.3 is 4.42 Å². The Hall–Kier alpha value is -7.74. The zero-order valence-corrected chi connectivity index (χ0v) is 32.2. The van der Waals surface area contributed by atoms with E-state index in [0.717, 1.165) is 38.6 Å². The van der Waals surface area contributed by atoms with Crippen molar-refractivity contribution in [2.45, 2.75) is 0 Å². The van der Waals surface area contributed by atoms with Crippen molar-refractivity contribution in [2.24, 2.45) is 0 Å². The monoisotopic (exact) mass is 748 g/mol. The summed E-state index contributed by atoms with van der Waals surface area (Å²) in [6, 6.07) is 79.4. The van der Waals surface area contributed by atoms with Gasteiger partial charge in [-0.15, -0.1) is 0 Å². The van der Waals surface area contributed by atoms with E-state index in [2.05, 4.69) is 218 Å². The molecule has 0 N–H and O–H groups in total. The molecule has 0 aliphatic carbocycles. The molecular weight excluding hydrogens is 713 g/mol. The average Bonchev–Trinajstić information content (AvgIpc) is 3.69. The molecule has 0 atom stereocenters. The molecule has 0 amide bonds. The van der Waals surface area contributed by atoms with Gasteiger partial charge in [-0.05, 0) is 117 Å². The molecule has 0 bridgehead atoms. The fourth-order valence-corrected chi connectivity index (χ4v) is 9.43. The maximum absolute atomic E-state index is 6.66. The van der Waals surface area contributed by atoms with Crippen LogP contribution in [0.15, 0.2) is 223 Å². The van der Waals surface area contributed by atoms with Gasteiger partial charge in [0.05, 0.1) is 0 Å². The molecule has 1 aromatic heterocycles. The Kier molecular flexibility index (Phi) is 7.61. The molecule has 0 aliphatic rings. The summed E-state index contributed by atoms with van der Waals surface area (Å²) in [7, 11) is 0. The van der Waals surface area contributed by atoms with Gasteiger partial charge in [0, 0.05) is 16.3 Å². The smallest absolute Gasteiger partial charge is 0.143 e. The molecule has 0 saturated carbocycles. The van der Waals surface area contributed by atoms with Gasteiger partial charge in [0.1, 0.15) is 11.2 Å². The highest BCUT2D eigenvalue weighted by Gasteiger charge is 2.19. The highest BCUT2D eigenvalue weighted by Crippen LogP contribution is 2.46. The van der Waals surface area contributed by atoms with Crippen LogP contribution in [0.2, 0.25) is 0 Å². The summed E-state index contributed by atoms with van der Waals surface area (Å²) in [5, 5.41) is 12.2. The highest BCUT2D eigenvalue weighted by atomic mass is 16.3. The molecule has 59 heavy (non-hydrogen) atoms. The molecule has 12 aromatic rings. The van der Waals surface area contributed by atoms with Crippen molar-refractivity contribution >= 4 is 65.0 Å². The summed E-state index contributed by atoms with van der Waals surface area (Å²) in [4.78, 5) is 0. The number of hydrogen-bond acceptors (Lipinski definition) is 1. The SMILES string of the molecule is c1ccc(-c2ccc3ccc(-c4cccc5c4oc4ccc(-c6ccc(-c7c8ccccc8c(-c8cccc9ccccc89)c8ccccc78)cc6)cc45)cc3c2)cc1. The van der Waals surface area contributed by atoms with Crippen molar-refractivity contribution in [1.29, 1.82) is 0 Å². The first kappa shape index (κ1) is 33.4. The van der Waals surface area contributed by atoms with Gasteiger partial charge >= 0.3 is 0 Å². The average molecular weight is 749 g/mol. The Balaban J connectivity index is 0.942. The van der Waals surface area contributed by atoms with E-state index in [-0.39, 0.29) is 0 Å². The third-order valence-electron chi connectivity index (χ3n) is 12.3. The van der Waals surface area contributed by atoms with Crippen molar-refractivity contribution in [3.63, 3.8) is 0 Å². The second kappa shape index (κ2) is 13.4. The molecule has 274 valence electrons. The third-order valence-corrected chi connectivity index (χ3v) is 12.3. The minimum absolute atomic E-state index is 0.893. The van der Waals surface area contributed by atoms with Gasteiger partial charge in [0.25, 0.3) is 0 Å². The summed E-state index contributed by atoms with van der Waals surface area (Å²) in [6.07, 6.45) is 0. The van der Waals surface area contributed by atoms with E-state index in [4.69, 9.17) is 4.42 Å². The van der Waals surface area contributed by atoms with Crippen LogP contribution in [0.3, 0.4) is 0 Å². The van der Waals surface area contributed by atoms with Gasteiger partial charge in [-0.25, -0.2) is 0 Å². The number of benzene rings is 11. The number of rotatable bonds is 5. The second-order valence-corrected chi connectivity index (χ2v) is 15.6. The lowest BCUT2D eigenvalue weighted by atomic mass is 9.84. The molecule has 1 heteroatoms. The molecule has 0 spiro atoms. The zero-order chi connectivity index (χ0) is 38.9. The van der Waals surface area contributed by atoms with Gasteiger partial charge in [-0.3, -0.25) is 0 Å². The topological polar surface area (TPSA) is 13.1 Å². The minimum Gasteiger partial charge on any atom is -0.455 e. The molecule has 11 aromatic carbocycles. The van der Waals surface area contributed by atoms with Crippen LogP contribution in [0.1, 0.15) is 0 Å². The molecule has 1 nitrogen and oxygen atoms in total. The summed E-state index contributed by atoms with van der Waals surface area (Å²) in [5.41, 5.74) is 13.9. The Morgan fingerprint density at radius 1 is 0.237 bits per heavy atom. The summed E-state index contributed by atoms with van der Waals surface area (Å²) in [5.74, 6) is 0. The lowest BCUT2D eigenvalue weighted by Gasteiger charge is -2.19. The van der Waals surface area contributed by atoms with Gasteiger partial charge in [0.15, 0.2) is 0 Å². The lowest BCUT2D eigenvalue weighted by Crippen LogP contribution is -1.91. The maximum atomic E-state index is 6.66. The van der Waals surface area contributed by atoms with E-state index in [1.165, 1.54) is 82.0 Å². The van der Waals surface area contributed by atoms with Crippen molar-refractivity contribution in [3.8, 4) is 55.6 Å². The second-order valence-electron chi connectivity index (χ2n) is 15.6. The Morgan fingerprint density at radius 2 is 0.746 bits per heavy atom. The van der Waals surface area contributed by atoms with Crippen LogP contribution >= 0.6 is 0 Å². The quantitative estimate of drug-likeness (QED) is 0.160. The van der Waals surface area contributed by atoms with E-state index < -0.39 is 0 Å². The number of para-hydroxylation sites is 1. The van der Waals surface area contributed by atoms with Gasteiger partial charge in [-0.1, -0.05) is 194 Å². The molecule has 0 saturated heterocycles. The van der Waals surface area contributed by atoms with Crippen LogP contribution in [-0.2, 0) is 0 Å². The molecule has 0 unspecified atom stereocenters. The van der Waals surface area contributed by atoms with E-state index in [1.807, 2.05) is 0 Å². The standard InChI is InChI=1S/C58H36O/c1-2-12-37(13-3-1)42-30-26-39-27-31-44(35-45(39)34-42)47-21-11-23-53-54-36-43(32-33-55(54)59-58(47)53)38-24-28-41(29-25-38)56-49-17-6-8-19-51(49)57(52-20-9-7-18-50(52)56)48-22-10-15-40-14-4-5-16-46(40)48/h1-36H. The van der Waals surface area contributed by atoms with Crippen molar-refractivity contribution < 1.29 is 4.42 Å². The summed E-state index contributed by atoms with van der Waals surface area (Å²) >= 11 is 0. The first-order valence-electron chi connectivity index (χ1n) is 20.3. The lowest BCUT2D eigenvalue weighted by molar-refractivity contribution is 0.670. The van der Waals surface area contributed by atoms with Crippen molar-refractivity contribution in [1.82, 2.24) is 0 Å². The normalized spacial score (nSPS) is 11.7. The Labute approximate surface area is 342 Å². The van der Waals surface area contributed by atoms with E-state index in [9.17, 15) is 0 Å². The first-order valence-corrected chi connectivity index (χ1v) is 20.3. The number of furan rings is 1. The molecule has 12 rings (SSSR count). The maximum Gasteiger partial charge on any atom is 0.143 e. The predicted molar refractivity (Wildman–Crippen MR) is 251 cm³/mol. The van der Waals surface area contributed by atoms with Crippen LogP contribution < -0.4 is 0 Å². The molecule has 0 aliphatic heterocycles. The predicted octanol–water partition coefficient (Wildman–Crippen LogP) is 16.5. The zero-order valence-electron chi connectivity index (χ0n) is 32.2. The van der Waals surface area contributed by atoms with Crippen LogP contribution in [0.5, 0.6) is 0 Å². The molecule has 0 radical (unpaired) electrons. The van der Waals surface area contributed by atoms with Gasteiger partial charge in [0.2, 0.25) is 0 Å². The molecule has 0 fully saturated rings. The van der Waals surface area contributed by atoms with E-state index in [1.54, 1.807) is 0 Å².